The molecule has 0 amide bonds. The van der Waals surface area contributed by atoms with E-state index in [1.807, 2.05) is 24.4 Å². The Hall–Kier alpha value is -1.43. The highest BCUT2D eigenvalue weighted by Gasteiger charge is 2.29. The maximum atomic E-state index is 4.78. The summed E-state index contributed by atoms with van der Waals surface area (Å²) in [6, 6.07) is 5.93. The van der Waals surface area contributed by atoms with Crippen LogP contribution in [-0.4, -0.2) is 47.6 Å². The van der Waals surface area contributed by atoms with Crippen molar-refractivity contribution in [3.63, 3.8) is 0 Å². The fraction of sp³-hybridized carbons (Fsp3) is 0.667. The van der Waals surface area contributed by atoms with E-state index in [1.54, 1.807) is 0 Å². The number of aliphatic imine (C=N–C) groups is 1. The van der Waals surface area contributed by atoms with Crippen LogP contribution in [-0.2, 0) is 0 Å². The molecule has 1 unspecified atom stereocenters. The number of guanidine groups is 1. The first-order valence-corrected chi connectivity index (χ1v) is 10.0. The molecular weight excluding hydrogens is 318 g/mol. The maximum Gasteiger partial charge on any atom is 0.191 e. The van der Waals surface area contributed by atoms with E-state index in [9.17, 15) is 0 Å². The molecule has 0 saturated carbocycles. The molecule has 1 saturated heterocycles. The van der Waals surface area contributed by atoms with Crippen molar-refractivity contribution in [2.75, 3.05) is 37.2 Å². The van der Waals surface area contributed by atoms with E-state index in [1.165, 1.54) is 18.6 Å². The van der Waals surface area contributed by atoms with Gasteiger partial charge in [-0.2, -0.15) is 11.8 Å². The highest BCUT2D eigenvalue weighted by molar-refractivity contribution is 8.00. The number of hydrogen-bond acceptors (Lipinski definition) is 4. The van der Waals surface area contributed by atoms with Crippen LogP contribution in [0.3, 0.4) is 0 Å². The second kappa shape index (κ2) is 10.4. The van der Waals surface area contributed by atoms with E-state index >= 15 is 0 Å². The normalized spacial score (nSPS) is 20.8. The Morgan fingerprint density at radius 3 is 2.88 bits per heavy atom. The van der Waals surface area contributed by atoms with Crippen molar-refractivity contribution >= 4 is 23.5 Å². The Kier molecular flexibility index (Phi) is 8.22. The summed E-state index contributed by atoms with van der Waals surface area (Å²) in [6.07, 6.45) is 6.63. The van der Waals surface area contributed by atoms with Crippen molar-refractivity contribution in [3.8, 4) is 0 Å². The van der Waals surface area contributed by atoms with Crippen LogP contribution < -0.4 is 16.0 Å². The molecule has 1 aromatic rings. The second-order valence-electron chi connectivity index (χ2n) is 6.37. The van der Waals surface area contributed by atoms with Gasteiger partial charge in [0, 0.05) is 30.6 Å². The minimum absolute atomic E-state index is 0.328. The average Bonchev–Trinajstić information content (AvgIpc) is 3.03. The van der Waals surface area contributed by atoms with E-state index in [0.717, 1.165) is 50.8 Å². The number of anilines is 1. The number of hydrogen-bond donors (Lipinski definition) is 3. The monoisotopic (exact) mass is 349 g/mol. The number of unbranched alkanes of at least 4 members (excludes halogenated alkanes) is 1. The summed E-state index contributed by atoms with van der Waals surface area (Å²) in [6.45, 7) is 8.13. The molecule has 1 aliphatic heterocycles. The van der Waals surface area contributed by atoms with Crippen molar-refractivity contribution < 1.29 is 0 Å². The molecule has 24 heavy (non-hydrogen) atoms. The molecule has 0 bridgehead atoms. The third-order valence-electron chi connectivity index (χ3n) is 4.08. The first-order chi connectivity index (χ1) is 11.7. The Morgan fingerprint density at radius 2 is 2.17 bits per heavy atom. The number of nitrogens with one attached hydrogen (secondary N) is 3. The largest absolute Gasteiger partial charge is 0.370 e. The average molecular weight is 350 g/mol. The van der Waals surface area contributed by atoms with Gasteiger partial charge in [0.15, 0.2) is 5.96 Å². The Labute approximate surface area is 150 Å². The fourth-order valence-electron chi connectivity index (χ4n) is 2.69. The van der Waals surface area contributed by atoms with Crippen molar-refractivity contribution in [1.82, 2.24) is 15.6 Å². The highest BCUT2D eigenvalue weighted by atomic mass is 32.2. The summed E-state index contributed by atoms with van der Waals surface area (Å²) in [7, 11) is 0. The molecule has 6 heteroatoms. The van der Waals surface area contributed by atoms with Crippen LogP contribution in [0.2, 0.25) is 0 Å². The Bertz CT molecular complexity index is 485. The van der Waals surface area contributed by atoms with Gasteiger partial charge in [0.2, 0.25) is 0 Å². The summed E-state index contributed by atoms with van der Waals surface area (Å²) in [4.78, 5) is 9.04. The predicted octanol–water partition coefficient (Wildman–Crippen LogP) is 3.11. The highest BCUT2D eigenvalue weighted by Crippen LogP contribution is 2.37. The number of rotatable bonds is 9. The number of pyridine rings is 1. The Morgan fingerprint density at radius 1 is 1.29 bits per heavy atom. The van der Waals surface area contributed by atoms with Gasteiger partial charge >= 0.3 is 0 Å². The third kappa shape index (κ3) is 6.99. The van der Waals surface area contributed by atoms with Gasteiger partial charge in [-0.3, -0.25) is 4.99 Å². The molecule has 1 aliphatic rings. The molecule has 1 fully saturated rings. The lowest BCUT2D eigenvalue weighted by Crippen LogP contribution is -2.39. The standard InChI is InChI=1S/C18H31N5S/c1-3-19-17(23-15-18(2)10-8-14-24-18)22-13-7-6-12-21-16-9-4-5-11-20-16/h4-5,9,11H,3,6-8,10,12-15H2,1-2H3,(H,20,21)(H2,19,22,23). The van der Waals surface area contributed by atoms with Crippen molar-refractivity contribution in [3.05, 3.63) is 24.4 Å². The minimum Gasteiger partial charge on any atom is -0.370 e. The summed E-state index contributed by atoms with van der Waals surface area (Å²) in [5.74, 6) is 3.17. The second-order valence-corrected chi connectivity index (χ2v) is 8.06. The van der Waals surface area contributed by atoms with Gasteiger partial charge < -0.3 is 16.0 Å². The fourth-order valence-corrected chi connectivity index (χ4v) is 3.92. The van der Waals surface area contributed by atoms with E-state index in [2.05, 4.69) is 46.5 Å². The quantitative estimate of drug-likeness (QED) is 0.363. The van der Waals surface area contributed by atoms with Crippen LogP contribution in [0.15, 0.2) is 29.4 Å². The summed E-state index contributed by atoms with van der Waals surface area (Å²) < 4.78 is 0.328. The van der Waals surface area contributed by atoms with E-state index < -0.39 is 0 Å². The molecule has 1 atom stereocenters. The lowest BCUT2D eigenvalue weighted by Gasteiger charge is -2.21. The summed E-state index contributed by atoms with van der Waals surface area (Å²) in [5.41, 5.74) is 0. The molecule has 134 valence electrons. The van der Waals surface area contributed by atoms with Gasteiger partial charge in [0.05, 0.1) is 6.54 Å². The van der Waals surface area contributed by atoms with Gasteiger partial charge in [-0.1, -0.05) is 6.07 Å². The van der Waals surface area contributed by atoms with E-state index in [4.69, 9.17) is 4.99 Å². The summed E-state index contributed by atoms with van der Waals surface area (Å²) >= 11 is 2.06. The number of thioether (sulfide) groups is 1. The van der Waals surface area contributed by atoms with Crippen molar-refractivity contribution in [2.45, 2.75) is 44.3 Å². The zero-order chi connectivity index (χ0) is 17.1. The van der Waals surface area contributed by atoms with Crippen LogP contribution in [0.25, 0.3) is 0 Å². The van der Waals surface area contributed by atoms with Gasteiger partial charge in [-0.05, 0) is 57.4 Å². The number of nitrogens with zero attached hydrogens (tertiary/aromatic N) is 2. The smallest absolute Gasteiger partial charge is 0.191 e. The van der Waals surface area contributed by atoms with Crippen LogP contribution in [0.1, 0.15) is 39.5 Å². The maximum absolute atomic E-state index is 4.78. The Balaban J connectivity index is 1.62. The zero-order valence-corrected chi connectivity index (χ0v) is 15.8. The van der Waals surface area contributed by atoms with E-state index in [0.29, 0.717) is 4.75 Å². The van der Waals surface area contributed by atoms with Crippen molar-refractivity contribution in [2.24, 2.45) is 4.99 Å². The lowest BCUT2D eigenvalue weighted by molar-refractivity contribution is 0.613. The summed E-state index contributed by atoms with van der Waals surface area (Å²) in [5, 5.41) is 10.1. The van der Waals surface area contributed by atoms with Crippen LogP contribution in [0.5, 0.6) is 0 Å². The first kappa shape index (κ1) is 18.9. The lowest BCUT2D eigenvalue weighted by atomic mass is 10.1. The van der Waals surface area contributed by atoms with Crippen LogP contribution >= 0.6 is 11.8 Å². The molecule has 0 spiro atoms. The molecule has 0 aliphatic carbocycles. The first-order valence-electron chi connectivity index (χ1n) is 9.03. The number of aromatic nitrogens is 1. The molecular formula is C18H31N5S. The minimum atomic E-state index is 0.328. The molecule has 2 rings (SSSR count). The molecule has 3 N–H and O–H groups in total. The predicted molar refractivity (Wildman–Crippen MR) is 106 cm³/mol. The SMILES string of the molecule is CCNC(=NCC1(C)CCCS1)NCCCCNc1ccccn1. The van der Waals surface area contributed by atoms with Gasteiger partial charge in [-0.15, -0.1) is 0 Å². The van der Waals surface area contributed by atoms with E-state index in [-0.39, 0.29) is 0 Å². The van der Waals surface area contributed by atoms with Gasteiger partial charge in [0.1, 0.15) is 5.82 Å². The zero-order valence-electron chi connectivity index (χ0n) is 15.0. The van der Waals surface area contributed by atoms with Crippen LogP contribution in [0, 0.1) is 0 Å². The van der Waals surface area contributed by atoms with Crippen LogP contribution in [0.4, 0.5) is 5.82 Å². The molecule has 0 radical (unpaired) electrons. The third-order valence-corrected chi connectivity index (χ3v) is 5.61. The molecule has 0 aromatic carbocycles. The van der Waals surface area contributed by atoms with Crippen molar-refractivity contribution in [1.29, 1.82) is 0 Å². The van der Waals surface area contributed by atoms with Gasteiger partial charge in [-0.25, -0.2) is 4.98 Å². The topological polar surface area (TPSA) is 61.3 Å². The van der Waals surface area contributed by atoms with Gasteiger partial charge in [0.25, 0.3) is 0 Å². The molecule has 1 aromatic heterocycles. The molecule has 2 heterocycles. The molecule has 5 nitrogen and oxygen atoms in total.